The molecule has 10 heteroatoms. The molecular weight excluding hydrogens is 414 g/mol. The molecule has 1 N–H and O–H groups in total. The maximum atomic E-state index is 13.0. The zero-order chi connectivity index (χ0) is 21.5. The van der Waals surface area contributed by atoms with Crippen LogP contribution in [0.2, 0.25) is 0 Å². The van der Waals surface area contributed by atoms with Crippen LogP contribution in [0.25, 0.3) is 5.69 Å². The molecular formula is C21H23N7O2S. The molecule has 3 atom stereocenters. The maximum absolute atomic E-state index is 13.0. The smallest absolute Gasteiger partial charge is 0.295 e. The number of thioether (sulfide) groups is 1. The number of tetrazole rings is 1. The number of nitrogens with zero attached hydrogens (tertiary/aromatic N) is 6. The van der Waals surface area contributed by atoms with Crippen LogP contribution < -0.4 is 10.9 Å². The van der Waals surface area contributed by atoms with Gasteiger partial charge in [0.2, 0.25) is 11.1 Å². The van der Waals surface area contributed by atoms with Gasteiger partial charge in [0.05, 0.1) is 23.2 Å². The predicted octanol–water partition coefficient (Wildman–Crippen LogP) is 2.34. The summed E-state index contributed by atoms with van der Waals surface area (Å²) in [5.74, 6) is 0.924. The Balaban J connectivity index is 1.29. The second-order valence-electron chi connectivity index (χ2n) is 8.03. The number of nitrogens with one attached hydrogen (secondary N) is 1. The van der Waals surface area contributed by atoms with E-state index in [2.05, 4.69) is 33.0 Å². The number of hydrogen-bond donors (Lipinski definition) is 1. The minimum Gasteiger partial charge on any atom is -0.319 e. The van der Waals surface area contributed by atoms with E-state index >= 15 is 0 Å². The highest BCUT2D eigenvalue weighted by Crippen LogP contribution is 2.46. The fourth-order valence-corrected chi connectivity index (χ4v) is 5.27. The molecule has 2 heterocycles. The van der Waals surface area contributed by atoms with Crippen molar-refractivity contribution in [2.24, 2.45) is 18.9 Å². The third-order valence-corrected chi connectivity index (χ3v) is 7.11. The molecule has 5 rings (SSSR count). The van der Waals surface area contributed by atoms with Crippen LogP contribution in [0, 0.1) is 18.8 Å². The average Bonchev–Trinajstić information content (AvgIpc) is 3.55. The van der Waals surface area contributed by atoms with Crippen molar-refractivity contribution in [3.05, 3.63) is 58.5 Å². The zero-order valence-corrected chi connectivity index (χ0v) is 18.1. The predicted molar refractivity (Wildman–Crippen MR) is 117 cm³/mol. The van der Waals surface area contributed by atoms with E-state index in [0.717, 1.165) is 18.5 Å². The summed E-state index contributed by atoms with van der Waals surface area (Å²) in [6, 6.07) is 9.60. The Labute approximate surface area is 183 Å². The van der Waals surface area contributed by atoms with E-state index in [1.807, 2.05) is 41.9 Å². The molecule has 31 heavy (non-hydrogen) atoms. The van der Waals surface area contributed by atoms with Gasteiger partial charge in [-0.25, -0.2) is 9.36 Å². The van der Waals surface area contributed by atoms with Gasteiger partial charge in [-0.2, -0.15) is 0 Å². The van der Waals surface area contributed by atoms with Crippen LogP contribution in [0.4, 0.5) is 5.69 Å². The molecule has 0 spiro atoms. The number of para-hydroxylation sites is 1. The van der Waals surface area contributed by atoms with E-state index in [-0.39, 0.29) is 28.9 Å². The summed E-state index contributed by atoms with van der Waals surface area (Å²) < 4.78 is 5.13. The van der Waals surface area contributed by atoms with E-state index in [1.54, 1.807) is 16.4 Å². The number of fused-ring (bicyclic) bond motifs is 2. The van der Waals surface area contributed by atoms with Crippen LogP contribution in [0.15, 0.2) is 52.4 Å². The van der Waals surface area contributed by atoms with Gasteiger partial charge in [0, 0.05) is 7.05 Å². The molecule has 1 aromatic carbocycles. The molecule has 1 amide bonds. The van der Waals surface area contributed by atoms with E-state index < -0.39 is 0 Å². The maximum Gasteiger partial charge on any atom is 0.295 e. The van der Waals surface area contributed by atoms with Crippen LogP contribution in [0.5, 0.6) is 0 Å². The van der Waals surface area contributed by atoms with Crippen LogP contribution in [0.3, 0.4) is 0 Å². The van der Waals surface area contributed by atoms with Crippen molar-refractivity contribution in [1.29, 1.82) is 0 Å². The molecule has 2 aliphatic rings. The van der Waals surface area contributed by atoms with Crippen LogP contribution in [0.1, 0.15) is 24.6 Å². The molecule has 0 unspecified atom stereocenters. The molecule has 1 saturated carbocycles. The van der Waals surface area contributed by atoms with Gasteiger partial charge < -0.3 is 5.32 Å². The van der Waals surface area contributed by atoms with Gasteiger partial charge in [-0.05, 0) is 54.2 Å². The third kappa shape index (κ3) is 3.50. The molecule has 2 aromatic heterocycles. The normalized spacial score (nSPS) is 21.7. The molecule has 0 saturated heterocycles. The Hall–Kier alpha value is -3.14. The first-order valence-electron chi connectivity index (χ1n) is 10.3. The Morgan fingerprint density at radius 2 is 2.03 bits per heavy atom. The van der Waals surface area contributed by atoms with Crippen molar-refractivity contribution in [2.45, 2.75) is 31.0 Å². The van der Waals surface area contributed by atoms with Gasteiger partial charge in [0.1, 0.15) is 5.69 Å². The van der Waals surface area contributed by atoms with Crippen LogP contribution in [-0.2, 0) is 11.8 Å². The number of rotatable bonds is 6. The lowest BCUT2D eigenvalue weighted by Gasteiger charge is -2.18. The number of anilines is 1. The number of allylic oxidation sites excluding steroid dienone is 2. The van der Waals surface area contributed by atoms with Gasteiger partial charge in [-0.1, -0.05) is 42.1 Å². The Morgan fingerprint density at radius 1 is 1.23 bits per heavy atom. The summed E-state index contributed by atoms with van der Waals surface area (Å²) >= 11 is 1.29. The van der Waals surface area contributed by atoms with Gasteiger partial charge >= 0.3 is 0 Å². The highest BCUT2D eigenvalue weighted by molar-refractivity contribution is 7.99. The SMILES string of the molecule is Cc1c(NC(=O)CSc2nnnn2[C@@H]2C[C@@H]3C=C[C@H]2C3)c(=O)n(-c2ccccc2)n1C. The topological polar surface area (TPSA) is 99.6 Å². The fourth-order valence-electron chi connectivity index (χ4n) is 4.54. The van der Waals surface area contributed by atoms with E-state index in [0.29, 0.717) is 22.7 Å². The van der Waals surface area contributed by atoms with Crippen molar-refractivity contribution < 1.29 is 4.79 Å². The minimum atomic E-state index is -0.265. The molecule has 0 aliphatic heterocycles. The summed E-state index contributed by atoms with van der Waals surface area (Å²) in [5, 5.41) is 15.5. The number of carbonyl (C=O) groups is 1. The molecule has 2 aliphatic carbocycles. The van der Waals surface area contributed by atoms with Gasteiger partial charge in [0.25, 0.3) is 5.56 Å². The number of hydrogen-bond acceptors (Lipinski definition) is 6. The van der Waals surface area contributed by atoms with Crippen molar-refractivity contribution >= 4 is 23.4 Å². The number of carbonyl (C=O) groups excluding carboxylic acids is 1. The Kier molecular flexibility index (Phi) is 5.01. The molecule has 0 radical (unpaired) electrons. The summed E-state index contributed by atoms with van der Waals surface area (Å²) in [6.45, 7) is 1.81. The van der Waals surface area contributed by atoms with Crippen molar-refractivity contribution in [3.8, 4) is 5.69 Å². The first kappa shape index (κ1) is 19.8. The Bertz CT molecular complexity index is 1210. The van der Waals surface area contributed by atoms with Crippen LogP contribution >= 0.6 is 11.8 Å². The van der Waals surface area contributed by atoms with Gasteiger partial charge in [-0.15, -0.1) is 5.10 Å². The third-order valence-electron chi connectivity index (χ3n) is 6.17. The molecule has 160 valence electrons. The number of benzene rings is 1. The lowest BCUT2D eigenvalue weighted by molar-refractivity contribution is -0.113. The Morgan fingerprint density at radius 3 is 2.74 bits per heavy atom. The second-order valence-corrected chi connectivity index (χ2v) is 8.97. The van der Waals surface area contributed by atoms with E-state index in [4.69, 9.17) is 0 Å². The highest BCUT2D eigenvalue weighted by Gasteiger charge is 2.38. The van der Waals surface area contributed by atoms with E-state index in [9.17, 15) is 9.59 Å². The first-order chi connectivity index (χ1) is 15.0. The molecule has 3 aromatic rings. The summed E-state index contributed by atoms with van der Waals surface area (Å²) in [7, 11) is 1.80. The first-order valence-corrected chi connectivity index (χ1v) is 11.2. The number of aromatic nitrogens is 6. The largest absolute Gasteiger partial charge is 0.319 e. The fraction of sp³-hybridized carbons (Fsp3) is 0.381. The van der Waals surface area contributed by atoms with Crippen molar-refractivity contribution in [1.82, 2.24) is 29.6 Å². The average molecular weight is 438 g/mol. The van der Waals surface area contributed by atoms with Crippen molar-refractivity contribution in [2.75, 3.05) is 11.1 Å². The summed E-state index contributed by atoms with van der Waals surface area (Å²) in [5.41, 5.74) is 1.45. The highest BCUT2D eigenvalue weighted by atomic mass is 32.2. The second kappa shape index (κ2) is 7.84. The molecule has 2 bridgehead atoms. The van der Waals surface area contributed by atoms with Gasteiger partial charge in [0.15, 0.2) is 0 Å². The summed E-state index contributed by atoms with van der Waals surface area (Å²) in [6.07, 6.45) is 6.71. The monoisotopic (exact) mass is 437 g/mol. The van der Waals surface area contributed by atoms with Crippen LogP contribution in [-0.4, -0.2) is 41.2 Å². The zero-order valence-electron chi connectivity index (χ0n) is 17.3. The summed E-state index contributed by atoms with van der Waals surface area (Å²) in [4.78, 5) is 25.6. The standard InChI is InChI=1S/C21H23N7O2S/c1-13-19(20(30)28(26(13)2)16-6-4-3-5-7-16)22-18(29)12-31-21-23-24-25-27(21)17-11-14-8-9-15(17)10-14/h3-9,14-15,17H,10-12H2,1-2H3,(H,22,29)/t14-,15+,17-/m1/s1. The molecule has 1 fully saturated rings. The number of amides is 1. The quantitative estimate of drug-likeness (QED) is 0.469. The van der Waals surface area contributed by atoms with Crippen molar-refractivity contribution in [3.63, 3.8) is 0 Å². The van der Waals surface area contributed by atoms with E-state index in [1.165, 1.54) is 11.8 Å². The lowest BCUT2D eigenvalue weighted by Crippen LogP contribution is -2.24. The lowest BCUT2D eigenvalue weighted by atomic mass is 10.0. The minimum absolute atomic E-state index is 0.121. The molecule has 9 nitrogen and oxygen atoms in total. The van der Waals surface area contributed by atoms with Gasteiger partial charge in [-0.3, -0.25) is 14.3 Å².